The molecule has 0 aliphatic heterocycles. The predicted octanol–water partition coefficient (Wildman–Crippen LogP) is 6.78. The Morgan fingerprint density at radius 2 is 0.845 bits per heavy atom. The Labute approximate surface area is 343 Å². The summed E-state index contributed by atoms with van der Waals surface area (Å²) in [6, 6.07) is 16.0. The Balaban J connectivity index is 0.00000103. The van der Waals surface area contributed by atoms with Gasteiger partial charge in [0.1, 0.15) is 0 Å². The quantitative estimate of drug-likeness (QED) is 0.105. The second-order valence-electron chi connectivity index (χ2n) is 13.2. The van der Waals surface area contributed by atoms with Gasteiger partial charge in [0.25, 0.3) is 20.2 Å². The number of methoxy groups -OCH3 is 4. The molecule has 0 aliphatic carbocycles. The van der Waals surface area contributed by atoms with Crippen LogP contribution in [-0.2, 0) is 20.2 Å². The number of benzene rings is 2. The zero-order chi connectivity index (χ0) is 43.8. The van der Waals surface area contributed by atoms with Gasteiger partial charge < -0.3 is 38.2 Å². The van der Waals surface area contributed by atoms with Gasteiger partial charge in [-0.15, -0.1) is 0 Å². The summed E-state index contributed by atoms with van der Waals surface area (Å²) in [5.74, 6) is 3.60. The number of hydrogen-bond donors (Lipinski definition) is 2. The van der Waals surface area contributed by atoms with E-state index >= 15 is 0 Å². The van der Waals surface area contributed by atoms with Crippen molar-refractivity contribution in [2.24, 2.45) is 0 Å². The second-order valence-corrected chi connectivity index (χ2v) is 16.1. The van der Waals surface area contributed by atoms with Gasteiger partial charge >= 0.3 is 0 Å². The summed E-state index contributed by atoms with van der Waals surface area (Å²) in [4.78, 5) is 14.2. The standard InChI is InChI=1S/C38H50N4O6.2CH4O3S/c1-11-41(29-13-15-31(39-23-29)27-19-33(43-7)37(47-25(3)4)34(20-27)44-8)17-18-42(12-2)30-14-16-32(40-24-30)28-21-35(45-9)38(48-26(5)6)36(22-28)46-10;2*1-5(2,3)4/h13-16,19-26H,11-12,17-18H2,1-10H3;2*1H3,(H,2,3,4). The van der Waals surface area contributed by atoms with E-state index in [1.165, 1.54) is 0 Å². The predicted molar refractivity (Wildman–Crippen MR) is 228 cm³/mol. The summed E-state index contributed by atoms with van der Waals surface area (Å²) < 4.78 is 86.2. The molecule has 2 aromatic carbocycles. The highest BCUT2D eigenvalue weighted by Crippen LogP contribution is 2.43. The summed E-state index contributed by atoms with van der Waals surface area (Å²) in [5, 5.41) is 0. The van der Waals surface area contributed by atoms with E-state index in [1.54, 1.807) is 28.4 Å². The number of likely N-dealkylation sites (N-methyl/N-ethyl adjacent to an activating group) is 2. The Morgan fingerprint density at radius 3 is 1.03 bits per heavy atom. The number of hydrogen-bond acceptors (Lipinski definition) is 14. The maximum absolute atomic E-state index is 9.19. The highest BCUT2D eigenvalue weighted by atomic mass is 32.2. The molecule has 0 fully saturated rings. The van der Waals surface area contributed by atoms with E-state index in [4.69, 9.17) is 47.5 Å². The first kappa shape index (κ1) is 49.1. The largest absolute Gasteiger partial charge is 0.493 e. The van der Waals surface area contributed by atoms with Crippen molar-refractivity contribution in [3.8, 4) is 57.0 Å². The first-order chi connectivity index (χ1) is 27.1. The third kappa shape index (κ3) is 16.4. The molecule has 2 aromatic heterocycles. The topological polar surface area (TPSA) is 196 Å². The first-order valence-electron chi connectivity index (χ1n) is 18.3. The lowest BCUT2D eigenvalue weighted by Crippen LogP contribution is -2.35. The van der Waals surface area contributed by atoms with Crippen molar-refractivity contribution < 1.29 is 54.4 Å². The molecule has 58 heavy (non-hydrogen) atoms. The summed E-state index contributed by atoms with van der Waals surface area (Å²) in [5.41, 5.74) is 5.52. The number of rotatable bonds is 17. The molecule has 0 saturated heterocycles. The van der Waals surface area contributed by atoms with Gasteiger partial charge in [-0.25, -0.2) is 0 Å². The molecule has 0 radical (unpaired) electrons. The lowest BCUT2D eigenvalue weighted by Gasteiger charge is -2.29. The van der Waals surface area contributed by atoms with E-state index in [2.05, 4.69) is 35.8 Å². The highest BCUT2D eigenvalue weighted by Gasteiger charge is 2.19. The number of nitrogens with zero attached hydrogens (tertiary/aromatic N) is 4. The molecule has 0 spiro atoms. The first-order valence-corrected chi connectivity index (χ1v) is 22.0. The molecule has 4 rings (SSSR count). The molecule has 4 aromatic rings. The van der Waals surface area contributed by atoms with Crippen LogP contribution < -0.4 is 38.2 Å². The van der Waals surface area contributed by atoms with Crippen LogP contribution in [0, 0.1) is 0 Å². The average Bonchev–Trinajstić information content (AvgIpc) is 3.15. The van der Waals surface area contributed by atoms with Gasteiger partial charge in [0.2, 0.25) is 11.5 Å². The molecule has 322 valence electrons. The third-order valence-electron chi connectivity index (χ3n) is 7.85. The van der Waals surface area contributed by atoms with Crippen LogP contribution in [0.5, 0.6) is 34.5 Å². The molecule has 0 saturated carbocycles. The van der Waals surface area contributed by atoms with E-state index in [9.17, 15) is 16.8 Å². The molecule has 0 bridgehead atoms. The van der Waals surface area contributed by atoms with Crippen molar-refractivity contribution in [3.63, 3.8) is 0 Å². The van der Waals surface area contributed by atoms with Gasteiger partial charge in [0.05, 0.1) is 88.3 Å². The van der Waals surface area contributed by atoms with Gasteiger partial charge in [-0.2, -0.15) is 16.8 Å². The van der Waals surface area contributed by atoms with E-state index in [0.717, 1.165) is 60.1 Å². The van der Waals surface area contributed by atoms with E-state index in [1.807, 2.05) is 76.5 Å². The number of anilines is 2. The molecule has 0 unspecified atom stereocenters. The fourth-order valence-electron chi connectivity index (χ4n) is 5.43. The Kier molecular flexibility index (Phi) is 19.3. The fraction of sp³-hybridized carbons (Fsp3) is 0.450. The second kappa shape index (κ2) is 22.8. The van der Waals surface area contributed by atoms with Crippen molar-refractivity contribution in [2.75, 3.05) is 76.9 Å². The fourth-order valence-corrected chi connectivity index (χ4v) is 5.43. The minimum absolute atomic E-state index is 0.0158. The van der Waals surface area contributed by atoms with Gasteiger partial charge in [-0.3, -0.25) is 19.1 Å². The normalized spacial score (nSPS) is 11.1. The van der Waals surface area contributed by atoms with Crippen LogP contribution in [-0.4, -0.2) is 115 Å². The monoisotopic (exact) mass is 850 g/mol. The van der Waals surface area contributed by atoms with Crippen LogP contribution in [0.15, 0.2) is 60.9 Å². The van der Waals surface area contributed by atoms with Crippen molar-refractivity contribution in [3.05, 3.63) is 60.9 Å². The van der Waals surface area contributed by atoms with Gasteiger partial charge in [0.15, 0.2) is 23.0 Å². The molecular weight excluding hydrogens is 793 g/mol. The van der Waals surface area contributed by atoms with Crippen LogP contribution in [0.3, 0.4) is 0 Å². The lowest BCUT2D eigenvalue weighted by atomic mass is 10.1. The molecule has 0 atom stereocenters. The smallest absolute Gasteiger partial charge is 0.261 e. The number of pyridine rings is 2. The SMILES string of the molecule is CCN(CCN(CC)c1ccc(-c2cc(OC)c(OC(C)C)c(OC)c2)nc1)c1ccc(-c2cc(OC)c(OC(C)C)c(OC)c2)nc1.CS(=O)(=O)O.CS(=O)(=O)O. The molecule has 0 aliphatic rings. The van der Waals surface area contributed by atoms with E-state index < -0.39 is 20.2 Å². The maximum atomic E-state index is 9.19. The van der Waals surface area contributed by atoms with Gasteiger partial charge in [0, 0.05) is 37.3 Å². The van der Waals surface area contributed by atoms with Crippen molar-refractivity contribution in [1.82, 2.24) is 9.97 Å². The highest BCUT2D eigenvalue weighted by molar-refractivity contribution is 7.85. The number of ether oxygens (including phenoxy) is 6. The maximum Gasteiger partial charge on any atom is 0.261 e. The zero-order valence-corrected chi connectivity index (χ0v) is 37.0. The summed E-state index contributed by atoms with van der Waals surface area (Å²) >= 11 is 0. The summed E-state index contributed by atoms with van der Waals surface area (Å²) in [6.07, 6.45) is 5.24. The number of aromatic nitrogens is 2. The van der Waals surface area contributed by atoms with Crippen LogP contribution in [0.2, 0.25) is 0 Å². The zero-order valence-electron chi connectivity index (χ0n) is 35.3. The molecular formula is C40H58N4O12S2. The van der Waals surface area contributed by atoms with E-state index in [0.29, 0.717) is 47.0 Å². The molecule has 2 N–H and O–H groups in total. The van der Waals surface area contributed by atoms with Crippen molar-refractivity contribution >= 4 is 31.6 Å². The molecule has 16 nitrogen and oxygen atoms in total. The molecule has 2 heterocycles. The lowest BCUT2D eigenvalue weighted by molar-refractivity contribution is 0.218. The van der Waals surface area contributed by atoms with Crippen LogP contribution >= 0.6 is 0 Å². The minimum Gasteiger partial charge on any atom is -0.493 e. The van der Waals surface area contributed by atoms with Crippen LogP contribution in [0.1, 0.15) is 41.5 Å². The Morgan fingerprint density at radius 1 is 0.569 bits per heavy atom. The van der Waals surface area contributed by atoms with Gasteiger partial charge in [-0.1, -0.05) is 0 Å². The Bertz CT molecular complexity index is 1880. The average molecular weight is 851 g/mol. The molecule has 18 heteroatoms. The van der Waals surface area contributed by atoms with Crippen molar-refractivity contribution in [2.45, 2.75) is 53.8 Å². The van der Waals surface area contributed by atoms with Gasteiger partial charge in [-0.05, 0) is 90.1 Å². The third-order valence-corrected chi connectivity index (χ3v) is 7.85. The summed E-state index contributed by atoms with van der Waals surface area (Å²) in [6.45, 7) is 15.5. The minimum atomic E-state index is -3.67. The van der Waals surface area contributed by atoms with E-state index in [-0.39, 0.29) is 12.2 Å². The Hall–Kier alpha value is -5.04. The van der Waals surface area contributed by atoms with Crippen LogP contribution in [0.4, 0.5) is 11.4 Å². The van der Waals surface area contributed by atoms with Crippen molar-refractivity contribution in [1.29, 1.82) is 0 Å². The van der Waals surface area contributed by atoms with Crippen LogP contribution in [0.25, 0.3) is 22.5 Å². The summed E-state index contributed by atoms with van der Waals surface area (Å²) in [7, 11) is -0.824. The molecule has 0 amide bonds.